The number of para-hydroxylation sites is 3. The van der Waals surface area contributed by atoms with E-state index in [-0.39, 0.29) is 11.8 Å². The first kappa shape index (κ1) is 22.6. The highest BCUT2D eigenvalue weighted by molar-refractivity contribution is 6.24. The zero-order chi connectivity index (χ0) is 24.5. The molecule has 3 atom stereocenters. The van der Waals surface area contributed by atoms with Crippen LogP contribution in [0.3, 0.4) is 0 Å². The van der Waals surface area contributed by atoms with Gasteiger partial charge in [0.1, 0.15) is 11.7 Å². The van der Waals surface area contributed by atoms with Crippen molar-refractivity contribution >= 4 is 34.8 Å². The summed E-state index contributed by atoms with van der Waals surface area (Å²) in [4.78, 5) is 46.1. The number of ether oxygens (including phenoxy) is 1. The average Bonchev–Trinajstić information content (AvgIpc) is 3.36. The summed E-state index contributed by atoms with van der Waals surface area (Å²) in [5, 5.41) is 4.39. The van der Waals surface area contributed by atoms with Crippen LogP contribution in [0, 0.1) is 5.92 Å². The summed E-state index contributed by atoms with van der Waals surface area (Å²) >= 11 is 0. The second-order valence-corrected chi connectivity index (χ2v) is 8.37. The number of rotatable bonds is 6. The van der Waals surface area contributed by atoms with Crippen molar-refractivity contribution in [3.05, 3.63) is 84.4 Å². The molecule has 2 aliphatic heterocycles. The highest BCUT2D eigenvalue weighted by Gasteiger charge is 2.60. The molecule has 3 aromatic carbocycles. The predicted octanol–water partition coefficient (Wildman–Crippen LogP) is 4.09. The Kier molecular flexibility index (Phi) is 5.96. The van der Waals surface area contributed by atoms with Gasteiger partial charge in [-0.05, 0) is 48.9 Å². The van der Waals surface area contributed by atoms with E-state index < -0.39 is 24.0 Å². The molecule has 0 bridgehead atoms. The van der Waals surface area contributed by atoms with E-state index in [0.29, 0.717) is 23.7 Å². The van der Waals surface area contributed by atoms with Crippen molar-refractivity contribution in [2.75, 3.05) is 21.9 Å². The van der Waals surface area contributed by atoms with E-state index in [1.165, 1.54) is 11.8 Å². The lowest BCUT2D eigenvalue weighted by atomic mass is 9.90. The second-order valence-electron chi connectivity index (χ2n) is 8.37. The van der Waals surface area contributed by atoms with Crippen molar-refractivity contribution in [3.63, 3.8) is 0 Å². The third kappa shape index (κ3) is 4.02. The maximum absolute atomic E-state index is 13.8. The van der Waals surface area contributed by atoms with Gasteiger partial charge in [0.25, 0.3) is 5.91 Å². The fourth-order valence-electron chi connectivity index (χ4n) is 4.68. The highest BCUT2D eigenvalue weighted by atomic mass is 16.7. The summed E-state index contributed by atoms with van der Waals surface area (Å²) in [6.45, 7) is 3.69. The molecular weight excluding hydrogens is 446 g/mol. The zero-order valence-corrected chi connectivity index (χ0v) is 19.4. The van der Waals surface area contributed by atoms with E-state index in [1.807, 2.05) is 49.4 Å². The summed E-state index contributed by atoms with van der Waals surface area (Å²) in [6.07, 6.45) is -0.975. The molecule has 2 fully saturated rings. The second kappa shape index (κ2) is 9.23. The molecule has 0 radical (unpaired) electrons. The van der Waals surface area contributed by atoms with E-state index in [0.717, 1.165) is 11.3 Å². The Bertz CT molecular complexity index is 1260. The van der Waals surface area contributed by atoms with E-state index in [9.17, 15) is 14.4 Å². The molecule has 2 aliphatic rings. The molecule has 2 heterocycles. The molecule has 35 heavy (non-hydrogen) atoms. The summed E-state index contributed by atoms with van der Waals surface area (Å²) in [5.74, 6) is -1.24. The Balaban J connectivity index is 1.55. The number of carbonyl (C=O) groups is 3. The van der Waals surface area contributed by atoms with Gasteiger partial charge in [-0.15, -0.1) is 0 Å². The Hall–Kier alpha value is -4.17. The molecule has 0 saturated carbocycles. The molecule has 8 heteroatoms. The zero-order valence-electron chi connectivity index (χ0n) is 19.4. The lowest BCUT2D eigenvalue weighted by Crippen LogP contribution is -2.37. The molecule has 1 N–H and O–H groups in total. The lowest BCUT2D eigenvalue weighted by Gasteiger charge is -2.29. The third-order valence-electron chi connectivity index (χ3n) is 6.10. The fraction of sp³-hybridized carbons (Fsp3) is 0.222. The van der Waals surface area contributed by atoms with Crippen molar-refractivity contribution in [3.8, 4) is 5.75 Å². The summed E-state index contributed by atoms with van der Waals surface area (Å²) in [6, 6.07) is 23.1. The average molecular weight is 472 g/mol. The van der Waals surface area contributed by atoms with Crippen molar-refractivity contribution in [2.24, 2.45) is 5.92 Å². The van der Waals surface area contributed by atoms with Crippen LogP contribution in [0.1, 0.15) is 25.5 Å². The van der Waals surface area contributed by atoms with Gasteiger partial charge in [-0.1, -0.05) is 42.5 Å². The van der Waals surface area contributed by atoms with E-state index in [4.69, 9.17) is 9.57 Å². The molecule has 0 aromatic heterocycles. The van der Waals surface area contributed by atoms with Gasteiger partial charge in [0.15, 0.2) is 6.10 Å². The largest absolute Gasteiger partial charge is 0.492 e. The van der Waals surface area contributed by atoms with Crippen LogP contribution in [0.25, 0.3) is 0 Å². The standard InChI is InChI=1S/C27H25N3O5/c1-3-34-22-12-8-7-11-21(22)29-26(32)23-24(18-13-15-19(16-14-18)28-17(2)31)30(35-25(23)27(29)33)20-9-5-4-6-10-20/h4-16,23-25H,3H2,1-2H3,(H,28,31)/t23-,24+,25-/m0/s1. The number of nitrogens with zero attached hydrogens (tertiary/aromatic N) is 2. The number of anilines is 3. The lowest BCUT2D eigenvalue weighted by molar-refractivity contribution is -0.126. The van der Waals surface area contributed by atoms with Gasteiger partial charge in [-0.2, -0.15) is 0 Å². The maximum atomic E-state index is 13.8. The van der Waals surface area contributed by atoms with Gasteiger partial charge >= 0.3 is 0 Å². The Morgan fingerprint density at radius 3 is 2.31 bits per heavy atom. The summed E-state index contributed by atoms with van der Waals surface area (Å²) < 4.78 is 5.68. The monoisotopic (exact) mass is 471 g/mol. The van der Waals surface area contributed by atoms with Gasteiger partial charge in [-0.3, -0.25) is 19.2 Å². The Morgan fingerprint density at radius 1 is 0.943 bits per heavy atom. The van der Waals surface area contributed by atoms with Crippen LogP contribution < -0.4 is 20.0 Å². The molecule has 3 amide bonds. The van der Waals surface area contributed by atoms with Crippen molar-refractivity contribution in [1.29, 1.82) is 0 Å². The summed E-state index contributed by atoms with van der Waals surface area (Å²) in [7, 11) is 0. The molecule has 5 rings (SSSR count). The van der Waals surface area contributed by atoms with Gasteiger partial charge in [0, 0.05) is 12.6 Å². The van der Waals surface area contributed by atoms with E-state index in [1.54, 1.807) is 41.5 Å². The van der Waals surface area contributed by atoms with Crippen LogP contribution in [-0.4, -0.2) is 30.4 Å². The number of hydrogen-bond acceptors (Lipinski definition) is 6. The predicted molar refractivity (Wildman–Crippen MR) is 131 cm³/mol. The third-order valence-corrected chi connectivity index (χ3v) is 6.10. The van der Waals surface area contributed by atoms with Gasteiger partial charge in [0.2, 0.25) is 11.8 Å². The minimum Gasteiger partial charge on any atom is -0.492 e. The smallest absolute Gasteiger partial charge is 0.266 e. The molecule has 0 spiro atoms. The van der Waals surface area contributed by atoms with Crippen LogP contribution in [-0.2, 0) is 19.2 Å². The first-order chi connectivity index (χ1) is 17.0. The van der Waals surface area contributed by atoms with E-state index >= 15 is 0 Å². The number of hydrogen-bond donors (Lipinski definition) is 1. The van der Waals surface area contributed by atoms with Crippen LogP contribution in [0.2, 0.25) is 0 Å². The Labute approximate surface area is 203 Å². The first-order valence-electron chi connectivity index (χ1n) is 11.5. The molecule has 3 aromatic rings. The molecular formula is C27H25N3O5. The van der Waals surface area contributed by atoms with Gasteiger partial charge < -0.3 is 10.1 Å². The minimum atomic E-state index is -0.975. The quantitative estimate of drug-likeness (QED) is 0.545. The van der Waals surface area contributed by atoms with Crippen molar-refractivity contribution < 1.29 is 24.0 Å². The summed E-state index contributed by atoms with van der Waals surface area (Å²) in [5.41, 5.74) is 2.58. The molecule has 2 saturated heterocycles. The molecule has 0 unspecified atom stereocenters. The SMILES string of the molecule is CCOc1ccccc1N1C(=O)[C@@H]2[C@H](ON(c3ccccc3)[C@@H]2c2ccc(NC(C)=O)cc2)C1=O. The molecule has 0 aliphatic carbocycles. The molecule has 8 nitrogen and oxygen atoms in total. The molecule has 178 valence electrons. The normalized spacial score (nSPS) is 21.3. The van der Waals surface area contributed by atoms with Crippen molar-refractivity contribution in [1.82, 2.24) is 0 Å². The fourth-order valence-corrected chi connectivity index (χ4v) is 4.68. The number of amides is 3. The number of imide groups is 1. The Morgan fingerprint density at radius 2 is 1.63 bits per heavy atom. The highest BCUT2D eigenvalue weighted by Crippen LogP contribution is 2.48. The van der Waals surface area contributed by atoms with E-state index in [2.05, 4.69) is 5.32 Å². The number of carbonyl (C=O) groups excluding carboxylic acids is 3. The number of hydroxylamine groups is 1. The van der Waals surface area contributed by atoms with Gasteiger partial charge in [0.05, 0.1) is 24.0 Å². The van der Waals surface area contributed by atoms with Crippen LogP contribution in [0.4, 0.5) is 17.1 Å². The minimum absolute atomic E-state index is 0.173. The maximum Gasteiger partial charge on any atom is 0.266 e. The topological polar surface area (TPSA) is 88.2 Å². The van der Waals surface area contributed by atoms with Crippen LogP contribution >= 0.6 is 0 Å². The van der Waals surface area contributed by atoms with Crippen LogP contribution in [0.15, 0.2) is 78.9 Å². The number of nitrogens with one attached hydrogen (secondary N) is 1. The van der Waals surface area contributed by atoms with Gasteiger partial charge in [-0.25, -0.2) is 9.96 Å². The number of fused-ring (bicyclic) bond motifs is 1. The first-order valence-corrected chi connectivity index (χ1v) is 11.5. The van der Waals surface area contributed by atoms with Crippen molar-refractivity contribution in [2.45, 2.75) is 26.0 Å². The van der Waals surface area contributed by atoms with Crippen LogP contribution in [0.5, 0.6) is 5.75 Å². The number of benzene rings is 3.